The van der Waals surface area contributed by atoms with Gasteiger partial charge in [0, 0.05) is 24.4 Å². The Labute approximate surface area is 274 Å². The Morgan fingerprint density at radius 3 is 1.74 bits per heavy atom. The minimum absolute atomic E-state index is 0.0871. The maximum absolute atomic E-state index is 14.2. The Bertz CT molecular complexity index is 1730. The molecule has 47 heavy (non-hydrogen) atoms. The van der Waals surface area contributed by atoms with Crippen molar-refractivity contribution < 1.29 is 22.8 Å². The van der Waals surface area contributed by atoms with Crippen molar-refractivity contribution in [3.05, 3.63) is 143 Å². The molecule has 0 aliphatic heterocycles. The van der Waals surface area contributed by atoms with Gasteiger partial charge in [-0.15, -0.1) is 0 Å². The predicted molar refractivity (Wildman–Crippen MR) is 180 cm³/mol. The van der Waals surface area contributed by atoms with Crippen molar-refractivity contribution in [2.75, 3.05) is 0 Å². The maximum Gasteiger partial charge on any atom is 0.242 e. The highest BCUT2D eigenvalue weighted by molar-refractivity contribution is 7.88. The predicted octanol–water partition coefficient (Wildman–Crippen LogP) is 2.66. The number of sulfonamides is 1. The van der Waals surface area contributed by atoms with E-state index in [0.29, 0.717) is 27.8 Å². The van der Waals surface area contributed by atoms with Crippen LogP contribution in [-0.2, 0) is 36.7 Å². The van der Waals surface area contributed by atoms with Gasteiger partial charge in [-0.1, -0.05) is 115 Å². The van der Waals surface area contributed by atoms with E-state index >= 15 is 0 Å². The zero-order valence-electron chi connectivity index (χ0n) is 25.6. The smallest absolute Gasteiger partial charge is 0.242 e. The summed E-state index contributed by atoms with van der Waals surface area (Å²) in [4.78, 5) is 39.4. The molecule has 4 rings (SSSR count). The van der Waals surface area contributed by atoms with Gasteiger partial charge in [0.15, 0.2) is 0 Å². The summed E-state index contributed by atoms with van der Waals surface area (Å²) in [5, 5.41) is 13.0. The van der Waals surface area contributed by atoms with E-state index in [-0.39, 0.29) is 31.0 Å². The Morgan fingerprint density at radius 2 is 1.23 bits per heavy atom. The average molecular weight is 655 g/mol. The number of nitrogens with two attached hydrogens (primary N) is 2. The molecule has 0 fully saturated rings. The summed E-state index contributed by atoms with van der Waals surface area (Å²) < 4.78 is 29.8. The van der Waals surface area contributed by atoms with Crippen LogP contribution in [0, 0.1) is 5.41 Å². The number of carbonyl (C=O) groups excluding carboxylic acids is 3. The molecule has 12 heteroatoms. The number of hydrogen-bond acceptors (Lipinski definition) is 6. The van der Waals surface area contributed by atoms with Gasteiger partial charge in [-0.2, -0.15) is 0 Å². The molecule has 0 aliphatic carbocycles. The average Bonchev–Trinajstić information content (AvgIpc) is 3.06. The molecule has 3 amide bonds. The van der Waals surface area contributed by atoms with Crippen molar-refractivity contribution >= 4 is 33.6 Å². The number of primary amides is 1. The Kier molecular flexibility index (Phi) is 12.0. The fraction of sp³-hybridized carbons (Fsp3) is 0.200. The lowest BCUT2D eigenvalue weighted by Crippen LogP contribution is -2.55. The van der Waals surface area contributed by atoms with E-state index in [4.69, 9.17) is 16.9 Å². The van der Waals surface area contributed by atoms with E-state index in [1.807, 2.05) is 12.1 Å². The number of nitrogen functional groups attached to an aromatic ring is 1. The number of benzene rings is 4. The van der Waals surface area contributed by atoms with Crippen LogP contribution >= 0.6 is 0 Å². The highest BCUT2D eigenvalue weighted by atomic mass is 32.2. The van der Waals surface area contributed by atoms with Crippen LogP contribution in [-0.4, -0.2) is 44.1 Å². The Morgan fingerprint density at radius 1 is 0.702 bits per heavy atom. The molecule has 0 bridgehead atoms. The van der Waals surface area contributed by atoms with Gasteiger partial charge in [0.25, 0.3) is 0 Å². The summed E-state index contributed by atoms with van der Waals surface area (Å²) in [6, 6.07) is 30.7. The third-order valence-corrected chi connectivity index (χ3v) is 8.81. The van der Waals surface area contributed by atoms with Crippen molar-refractivity contribution in [2.24, 2.45) is 11.5 Å². The molecule has 0 saturated heterocycles. The largest absolute Gasteiger partial charge is 0.384 e. The van der Waals surface area contributed by atoms with Crippen LogP contribution in [0.4, 0.5) is 0 Å². The normalized spacial score (nSPS) is 12.5. The minimum atomic E-state index is -4.09. The number of hydrogen-bond donors (Lipinski definition) is 6. The van der Waals surface area contributed by atoms with E-state index in [9.17, 15) is 22.8 Å². The minimum Gasteiger partial charge on any atom is -0.384 e. The van der Waals surface area contributed by atoms with Crippen molar-refractivity contribution in [3.8, 4) is 0 Å². The first-order valence-electron chi connectivity index (χ1n) is 15.0. The number of nitrogens with one attached hydrogen (secondary N) is 4. The van der Waals surface area contributed by atoms with Gasteiger partial charge in [0.1, 0.15) is 17.9 Å². The zero-order valence-corrected chi connectivity index (χ0v) is 26.5. The molecular weight excluding hydrogens is 616 g/mol. The van der Waals surface area contributed by atoms with Gasteiger partial charge < -0.3 is 22.1 Å². The molecule has 0 saturated carbocycles. The molecule has 0 aromatic heterocycles. The van der Waals surface area contributed by atoms with Crippen LogP contribution in [0.3, 0.4) is 0 Å². The highest BCUT2D eigenvalue weighted by Gasteiger charge is 2.36. The third kappa shape index (κ3) is 10.3. The molecule has 244 valence electrons. The summed E-state index contributed by atoms with van der Waals surface area (Å²) in [5.41, 5.74) is 14.0. The second-order valence-corrected chi connectivity index (χ2v) is 12.8. The quantitative estimate of drug-likeness (QED) is 0.0793. The van der Waals surface area contributed by atoms with E-state index in [1.54, 1.807) is 103 Å². The second-order valence-electron chi connectivity index (χ2n) is 11.0. The first-order valence-corrected chi connectivity index (χ1v) is 16.6. The van der Waals surface area contributed by atoms with E-state index in [0.717, 1.165) is 0 Å². The van der Waals surface area contributed by atoms with Gasteiger partial charge in [-0.25, -0.2) is 13.1 Å². The van der Waals surface area contributed by atoms with Crippen LogP contribution in [0.1, 0.15) is 46.6 Å². The van der Waals surface area contributed by atoms with Crippen LogP contribution in [0.5, 0.6) is 0 Å². The van der Waals surface area contributed by atoms with Gasteiger partial charge in [0.2, 0.25) is 27.7 Å². The SMILES string of the molecule is N=C(N)c1ccc(CNC(=O)[C@H](CCC(N)=O)NC(=O)[C@H](NS(=O)(=O)Cc2ccccc2)C(c2ccccc2)c2ccccc2)cc1. The van der Waals surface area contributed by atoms with Crippen LogP contribution in [0.15, 0.2) is 115 Å². The molecule has 0 aliphatic rings. The first-order chi connectivity index (χ1) is 22.5. The van der Waals surface area contributed by atoms with Crippen molar-refractivity contribution in [1.82, 2.24) is 15.4 Å². The summed E-state index contributed by atoms with van der Waals surface area (Å²) >= 11 is 0. The molecule has 0 spiro atoms. The number of amidine groups is 1. The molecule has 0 heterocycles. The van der Waals surface area contributed by atoms with Crippen molar-refractivity contribution in [1.29, 1.82) is 5.41 Å². The summed E-state index contributed by atoms with van der Waals surface area (Å²) in [6.45, 7) is 0.0871. The van der Waals surface area contributed by atoms with Crippen LogP contribution in [0.2, 0.25) is 0 Å². The monoisotopic (exact) mass is 654 g/mol. The zero-order chi connectivity index (χ0) is 33.8. The molecule has 0 unspecified atom stereocenters. The van der Waals surface area contributed by atoms with Crippen molar-refractivity contribution in [2.45, 2.75) is 43.1 Å². The van der Waals surface area contributed by atoms with Gasteiger partial charge in [0.05, 0.1) is 5.75 Å². The van der Waals surface area contributed by atoms with E-state index < -0.39 is 45.7 Å². The lowest BCUT2D eigenvalue weighted by Gasteiger charge is -2.30. The summed E-state index contributed by atoms with van der Waals surface area (Å²) in [7, 11) is -4.09. The molecule has 11 nitrogen and oxygen atoms in total. The summed E-state index contributed by atoms with van der Waals surface area (Å²) in [6.07, 6.45) is -0.308. The van der Waals surface area contributed by atoms with Gasteiger partial charge >= 0.3 is 0 Å². The van der Waals surface area contributed by atoms with E-state index in [1.165, 1.54) is 0 Å². The Balaban J connectivity index is 1.65. The molecule has 2 atom stereocenters. The number of amides is 3. The van der Waals surface area contributed by atoms with Gasteiger partial charge in [-0.3, -0.25) is 19.8 Å². The fourth-order valence-electron chi connectivity index (χ4n) is 5.13. The maximum atomic E-state index is 14.2. The molecule has 4 aromatic rings. The van der Waals surface area contributed by atoms with E-state index in [2.05, 4.69) is 15.4 Å². The third-order valence-electron chi connectivity index (χ3n) is 7.48. The number of carbonyl (C=O) groups is 3. The van der Waals surface area contributed by atoms with Crippen molar-refractivity contribution in [3.63, 3.8) is 0 Å². The van der Waals surface area contributed by atoms with Crippen LogP contribution in [0.25, 0.3) is 0 Å². The Hall–Kier alpha value is -5.33. The first kappa shape index (κ1) is 34.5. The van der Waals surface area contributed by atoms with Gasteiger partial charge in [-0.05, 0) is 28.7 Å². The van der Waals surface area contributed by atoms with Crippen LogP contribution < -0.4 is 26.8 Å². The summed E-state index contributed by atoms with van der Waals surface area (Å²) in [5.74, 6) is -3.24. The highest BCUT2D eigenvalue weighted by Crippen LogP contribution is 2.29. The molecule has 8 N–H and O–H groups in total. The lowest BCUT2D eigenvalue weighted by molar-refractivity contribution is -0.130. The lowest BCUT2D eigenvalue weighted by atomic mass is 9.85. The molecule has 4 aromatic carbocycles. The number of rotatable bonds is 16. The molecular formula is C35H38N6O5S. The second kappa shape index (κ2) is 16.3. The topological polar surface area (TPSA) is 197 Å². The molecule has 0 radical (unpaired) electrons. The fourth-order valence-corrected chi connectivity index (χ4v) is 6.48. The standard InChI is InChI=1S/C35H38N6O5S/c36-30(42)21-20-29(34(43)39-22-24-16-18-28(19-17-24)33(37)38)40-35(44)32(41-47(45,46)23-25-10-4-1-5-11-25)31(26-12-6-2-7-13-26)27-14-8-3-9-15-27/h1-19,29,31-32,41H,20-23H2,(H2,36,42)(H3,37,38)(H,39,43)(H,40,44)/t29-,32+/m0/s1.